The number of hydrogen-bond donors (Lipinski definition) is 0. The highest BCUT2D eigenvalue weighted by Gasteiger charge is 2.34. The number of alkyl halides is 3. The lowest BCUT2D eigenvalue weighted by Crippen LogP contribution is -2.48. The predicted molar refractivity (Wildman–Crippen MR) is 115 cm³/mol. The zero-order valence-electron chi connectivity index (χ0n) is 18.5. The third kappa shape index (κ3) is 6.14. The summed E-state index contributed by atoms with van der Waals surface area (Å²) in [5, 5.41) is 0. The number of carbonyl (C=O) groups excluding carboxylic acids is 1. The highest BCUT2D eigenvalue weighted by molar-refractivity contribution is 5.68. The molecule has 2 aromatic rings. The van der Waals surface area contributed by atoms with Crippen molar-refractivity contribution in [3.63, 3.8) is 0 Å². The molecule has 2 aromatic carbocycles. The van der Waals surface area contributed by atoms with Crippen molar-refractivity contribution in [3.8, 4) is 0 Å². The summed E-state index contributed by atoms with van der Waals surface area (Å²) in [6, 6.07) is 12.6. The first-order valence-electron chi connectivity index (χ1n) is 10.6. The number of hydrogen-bond acceptors (Lipinski definition) is 3. The minimum Gasteiger partial charge on any atom is -0.444 e. The maximum Gasteiger partial charge on any atom is 0.419 e. The van der Waals surface area contributed by atoms with E-state index in [-0.39, 0.29) is 18.7 Å². The van der Waals surface area contributed by atoms with Gasteiger partial charge in [-0.2, -0.15) is 13.2 Å². The molecule has 8 heteroatoms. The molecule has 1 aliphatic rings. The molecule has 0 aliphatic carbocycles. The van der Waals surface area contributed by atoms with Gasteiger partial charge in [0.15, 0.2) is 0 Å². The number of anilines is 1. The van der Waals surface area contributed by atoms with Gasteiger partial charge in [-0.05, 0) is 63.4 Å². The number of nitrogens with zero attached hydrogens (tertiary/aromatic N) is 2. The van der Waals surface area contributed by atoms with E-state index >= 15 is 0 Å². The minimum absolute atomic E-state index is 0.0430. The Labute approximate surface area is 185 Å². The molecule has 0 radical (unpaired) electrons. The fourth-order valence-corrected chi connectivity index (χ4v) is 3.82. The number of carbonyl (C=O) groups is 1. The van der Waals surface area contributed by atoms with Crippen LogP contribution in [0.5, 0.6) is 0 Å². The Hall–Kier alpha value is -2.77. The second kappa shape index (κ2) is 9.38. The van der Waals surface area contributed by atoms with E-state index in [0.717, 1.165) is 17.8 Å². The van der Waals surface area contributed by atoms with Gasteiger partial charge < -0.3 is 14.5 Å². The standard InChI is InChI=1S/C24H28F4N2O2/c1-23(2,3)32-22(31)29-13-11-19(12-14-29)30(18-7-5-4-6-8-18)16-17-9-10-20(21(25)15-17)24(26,27)28/h4-10,15,19H,11-14,16H2,1-3H3. The van der Waals surface area contributed by atoms with Crippen molar-refractivity contribution in [3.05, 3.63) is 65.5 Å². The van der Waals surface area contributed by atoms with E-state index < -0.39 is 23.2 Å². The number of para-hydroxylation sites is 1. The quantitative estimate of drug-likeness (QED) is 0.514. The minimum atomic E-state index is -4.73. The molecule has 0 aromatic heterocycles. The van der Waals surface area contributed by atoms with Crippen LogP contribution in [0.25, 0.3) is 0 Å². The Bertz CT molecular complexity index is 918. The summed E-state index contributed by atoms with van der Waals surface area (Å²) in [5.74, 6) is -1.28. The van der Waals surface area contributed by atoms with Crippen LogP contribution < -0.4 is 4.90 Å². The van der Waals surface area contributed by atoms with E-state index in [1.165, 1.54) is 6.07 Å². The maximum absolute atomic E-state index is 14.1. The fourth-order valence-electron chi connectivity index (χ4n) is 3.82. The Morgan fingerprint density at radius 3 is 2.22 bits per heavy atom. The molecule has 0 unspecified atom stereocenters. The molecule has 32 heavy (non-hydrogen) atoms. The molecule has 3 rings (SSSR count). The molecule has 0 saturated carbocycles. The highest BCUT2D eigenvalue weighted by atomic mass is 19.4. The molecule has 0 atom stereocenters. The molecule has 0 N–H and O–H groups in total. The van der Waals surface area contributed by atoms with E-state index in [9.17, 15) is 22.4 Å². The van der Waals surface area contributed by atoms with Crippen LogP contribution in [0.1, 0.15) is 44.7 Å². The molecule has 4 nitrogen and oxygen atoms in total. The molecule has 1 saturated heterocycles. The van der Waals surface area contributed by atoms with Crippen LogP contribution in [-0.2, 0) is 17.5 Å². The summed E-state index contributed by atoms with van der Waals surface area (Å²) in [4.78, 5) is 16.1. The summed E-state index contributed by atoms with van der Waals surface area (Å²) in [6.07, 6.45) is -3.75. The monoisotopic (exact) mass is 452 g/mol. The first-order chi connectivity index (χ1) is 14.9. The van der Waals surface area contributed by atoms with Crippen LogP contribution in [0.3, 0.4) is 0 Å². The molecular weight excluding hydrogens is 424 g/mol. The number of halogens is 4. The van der Waals surface area contributed by atoms with E-state index in [1.54, 1.807) is 4.90 Å². The normalized spacial score (nSPS) is 15.5. The smallest absolute Gasteiger partial charge is 0.419 e. The maximum atomic E-state index is 14.1. The van der Waals surface area contributed by atoms with Crippen LogP contribution in [0, 0.1) is 5.82 Å². The third-order valence-electron chi connectivity index (χ3n) is 5.34. The molecule has 0 spiro atoms. The average molecular weight is 452 g/mol. The van der Waals surface area contributed by atoms with Gasteiger partial charge in [0.05, 0.1) is 5.56 Å². The summed E-state index contributed by atoms with van der Waals surface area (Å²) in [7, 11) is 0. The van der Waals surface area contributed by atoms with Crippen LogP contribution >= 0.6 is 0 Å². The van der Waals surface area contributed by atoms with Crippen LogP contribution in [0.4, 0.5) is 28.0 Å². The Morgan fingerprint density at radius 2 is 1.69 bits per heavy atom. The molecule has 1 amide bonds. The van der Waals surface area contributed by atoms with Gasteiger partial charge in [-0.1, -0.05) is 24.3 Å². The largest absolute Gasteiger partial charge is 0.444 e. The number of rotatable bonds is 4. The van der Waals surface area contributed by atoms with Crippen molar-refractivity contribution < 1.29 is 27.1 Å². The summed E-state index contributed by atoms with van der Waals surface area (Å²) in [5.41, 5.74) is -0.493. The molecule has 1 heterocycles. The summed E-state index contributed by atoms with van der Waals surface area (Å²) < 4.78 is 58.3. The Balaban J connectivity index is 1.76. The number of ether oxygens (including phenoxy) is 1. The lowest BCUT2D eigenvalue weighted by atomic mass is 10.0. The number of amides is 1. The van der Waals surface area contributed by atoms with Crippen molar-refractivity contribution in [2.75, 3.05) is 18.0 Å². The second-order valence-corrected chi connectivity index (χ2v) is 8.97. The van der Waals surface area contributed by atoms with Gasteiger partial charge in [0, 0.05) is 31.4 Å². The van der Waals surface area contributed by atoms with E-state index in [4.69, 9.17) is 4.74 Å². The van der Waals surface area contributed by atoms with Crippen molar-refractivity contribution in [2.45, 2.75) is 58.0 Å². The van der Waals surface area contributed by atoms with Gasteiger partial charge in [-0.25, -0.2) is 9.18 Å². The first kappa shape index (κ1) is 23.9. The van der Waals surface area contributed by atoms with Gasteiger partial charge in [0.2, 0.25) is 0 Å². The van der Waals surface area contributed by atoms with Crippen molar-refractivity contribution in [1.82, 2.24) is 4.90 Å². The number of piperidine rings is 1. The van der Waals surface area contributed by atoms with Gasteiger partial charge in [-0.15, -0.1) is 0 Å². The SMILES string of the molecule is CC(C)(C)OC(=O)N1CCC(N(Cc2ccc(C(F)(F)F)c(F)c2)c2ccccc2)CC1. The summed E-state index contributed by atoms with van der Waals surface area (Å²) >= 11 is 0. The number of likely N-dealkylation sites (tertiary alicyclic amines) is 1. The van der Waals surface area contributed by atoms with Gasteiger partial charge in [0.25, 0.3) is 0 Å². The average Bonchev–Trinajstić information content (AvgIpc) is 2.71. The Kier molecular flexibility index (Phi) is 7.00. The van der Waals surface area contributed by atoms with Gasteiger partial charge in [-0.3, -0.25) is 0 Å². The predicted octanol–water partition coefficient (Wildman–Crippen LogP) is 6.25. The highest BCUT2D eigenvalue weighted by Crippen LogP contribution is 2.33. The van der Waals surface area contributed by atoms with E-state index in [2.05, 4.69) is 4.90 Å². The van der Waals surface area contributed by atoms with Crippen molar-refractivity contribution in [2.24, 2.45) is 0 Å². The van der Waals surface area contributed by atoms with Crippen molar-refractivity contribution >= 4 is 11.8 Å². The van der Waals surface area contributed by atoms with Crippen LogP contribution in [-0.4, -0.2) is 35.7 Å². The fraction of sp³-hybridized carbons (Fsp3) is 0.458. The van der Waals surface area contributed by atoms with Crippen molar-refractivity contribution in [1.29, 1.82) is 0 Å². The zero-order chi connectivity index (χ0) is 23.5. The first-order valence-corrected chi connectivity index (χ1v) is 10.6. The molecule has 174 valence electrons. The van der Waals surface area contributed by atoms with E-state index in [1.807, 2.05) is 51.1 Å². The third-order valence-corrected chi connectivity index (χ3v) is 5.34. The van der Waals surface area contributed by atoms with Crippen LogP contribution in [0.15, 0.2) is 48.5 Å². The van der Waals surface area contributed by atoms with Gasteiger partial charge in [0.1, 0.15) is 11.4 Å². The lowest BCUT2D eigenvalue weighted by Gasteiger charge is -2.40. The van der Waals surface area contributed by atoms with E-state index in [0.29, 0.717) is 31.5 Å². The number of benzene rings is 2. The molecular formula is C24H28F4N2O2. The molecule has 1 aliphatic heterocycles. The second-order valence-electron chi connectivity index (χ2n) is 8.97. The summed E-state index contributed by atoms with van der Waals surface area (Å²) in [6.45, 7) is 6.72. The van der Waals surface area contributed by atoms with Crippen LogP contribution in [0.2, 0.25) is 0 Å². The lowest BCUT2D eigenvalue weighted by molar-refractivity contribution is -0.140. The van der Waals surface area contributed by atoms with Gasteiger partial charge >= 0.3 is 12.3 Å². The zero-order valence-corrected chi connectivity index (χ0v) is 18.5. The molecule has 0 bridgehead atoms. The topological polar surface area (TPSA) is 32.8 Å². The molecule has 1 fully saturated rings. The Morgan fingerprint density at radius 1 is 1.06 bits per heavy atom.